The summed E-state index contributed by atoms with van der Waals surface area (Å²) in [6.07, 6.45) is 4.81. The highest BCUT2D eigenvalue weighted by molar-refractivity contribution is 7.98. The van der Waals surface area contributed by atoms with E-state index >= 15 is 0 Å². The fraction of sp³-hybridized carbons (Fsp3) is 0.345. The summed E-state index contributed by atoms with van der Waals surface area (Å²) < 4.78 is 13.5. The SMILES string of the molecule is CCCOc1ccc(C=c2sc3n(c2=O)C(c2ccc(SC)cc2)C(C(=O)OCC(C)C)=C(C)N=3)cc1. The molecular weight excluding hydrogens is 504 g/mol. The first-order valence-electron chi connectivity index (χ1n) is 12.4. The number of thioether (sulfide) groups is 1. The maximum atomic E-state index is 13.8. The van der Waals surface area contributed by atoms with Crippen molar-refractivity contribution in [2.24, 2.45) is 10.9 Å². The number of hydrogen-bond acceptors (Lipinski definition) is 7. The van der Waals surface area contributed by atoms with Crippen LogP contribution in [0.5, 0.6) is 5.75 Å². The predicted molar refractivity (Wildman–Crippen MR) is 150 cm³/mol. The molecular formula is C29H32N2O4S2. The molecule has 0 amide bonds. The quantitative estimate of drug-likeness (QED) is 0.286. The molecule has 194 valence electrons. The molecule has 6 nitrogen and oxygen atoms in total. The second kappa shape index (κ2) is 12.0. The minimum absolute atomic E-state index is 0.185. The number of nitrogens with zero attached hydrogens (tertiary/aromatic N) is 2. The first-order valence-corrected chi connectivity index (χ1v) is 14.4. The summed E-state index contributed by atoms with van der Waals surface area (Å²) in [5.41, 5.74) is 2.51. The van der Waals surface area contributed by atoms with Crippen molar-refractivity contribution < 1.29 is 14.3 Å². The molecule has 1 atom stereocenters. The number of esters is 1. The van der Waals surface area contributed by atoms with Gasteiger partial charge in [0.1, 0.15) is 5.75 Å². The Kier molecular flexibility index (Phi) is 8.71. The zero-order chi connectivity index (χ0) is 26.5. The van der Waals surface area contributed by atoms with Gasteiger partial charge in [-0.1, -0.05) is 56.4 Å². The zero-order valence-corrected chi connectivity index (χ0v) is 23.4. The Bertz CT molecular complexity index is 1470. The van der Waals surface area contributed by atoms with Crippen molar-refractivity contribution in [3.05, 3.63) is 90.6 Å². The highest BCUT2D eigenvalue weighted by Crippen LogP contribution is 2.31. The lowest BCUT2D eigenvalue weighted by Gasteiger charge is -2.25. The molecule has 3 aromatic rings. The van der Waals surface area contributed by atoms with E-state index in [4.69, 9.17) is 9.47 Å². The van der Waals surface area contributed by atoms with Crippen LogP contribution in [0.4, 0.5) is 0 Å². The van der Waals surface area contributed by atoms with Gasteiger partial charge in [0, 0.05) is 4.90 Å². The highest BCUT2D eigenvalue weighted by atomic mass is 32.2. The lowest BCUT2D eigenvalue weighted by atomic mass is 9.96. The van der Waals surface area contributed by atoms with Crippen molar-refractivity contribution >= 4 is 35.1 Å². The Hall–Kier alpha value is -3.10. The van der Waals surface area contributed by atoms with Crippen molar-refractivity contribution in [2.45, 2.75) is 45.1 Å². The smallest absolute Gasteiger partial charge is 0.338 e. The largest absolute Gasteiger partial charge is 0.494 e. The Morgan fingerprint density at radius 2 is 1.86 bits per heavy atom. The van der Waals surface area contributed by atoms with Crippen molar-refractivity contribution in [1.82, 2.24) is 4.57 Å². The van der Waals surface area contributed by atoms with Crippen LogP contribution in [0, 0.1) is 5.92 Å². The number of rotatable bonds is 9. The minimum Gasteiger partial charge on any atom is -0.494 e. The number of carbonyl (C=O) groups is 1. The van der Waals surface area contributed by atoms with Crippen LogP contribution in [0.1, 0.15) is 51.3 Å². The van der Waals surface area contributed by atoms with Gasteiger partial charge in [-0.2, -0.15) is 0 Å². The molecule has 0 saturated carbocycles. The van der Waals surface area contributed by atoms with Gasteiger partial charge in [0.15, 0.2) is 4.80 Å². The van der Waals surface area contributed by atoms with Crippen LogP contribution in [0.3, 0.4) is 0 Å². The maximum Gasteiger partial charge on any atom is 0.338 e. The Morgan fingerprint density at radius 1 is 1.16 bits per heavy atom. The van der Waals surface area contributed by atoms with Gasteiger partial charge in [0.05, 0.1) is 35.1 Å². The van der Waals surface area contributed by atoms with Gasteiger partial charge in [0.25, 0.3) is 5.56 Å². The summed E-state index contributed by atoms with van der Waals surface area (Å²) in [4.78, 5) is 33.4. The Balaban J connectivity index is 1.81. The van der Waals surface area contributed by atoms with Gasteiger partial charge in [-0.05, 0) is 67.0 Å². The molecule has 0 N–H and O–H groups in total. The van der Waals surface area contributed by atoms with Crippen molar-refractivity contribution in [1.29, 1.82) is 0 Å². The van der Waals surface area contributed by atoms with Crippen LogP contribution in [0.25, 0.3) is 6.08 Å². The molecule has 1 aromatic heterocycles. The first-order chi connectivity index (χ1) is 17.8. The fourth-order valence-corrected chi connectivity index (χ4v) is 5.49. The van der Waals surface area contributed by atoms with E-state index in [1.54, 1.807) is 23.3 Å². The van der Waals surface area contributed by atoms with Gasteiger partial charge < -0.3 is 9.47 Å². The van der Waals surface area contributed by atoms with Crippen molar-refractivity contribution in [2.75, 3.05) is 19.5 Å². The molecule has 0 bridgehead atoms. The summed E-state index contributed by atoms with van der Waals surface area (Å²) >= 11 is 2.96. The highest BCUT2D eigenvalue weighted by Gasteiger charge is 2.33. The molecule has 0 aliphatic carbocycles. The summed E-state index contributed by atoms with van der Waals surface area (Å²) in [6, 6.07) is 15.0. The van der Waals surface area contributed by atoms with Gasteiger partial charge in [-0.25, -0.2) is 9.79 Å². The van der Waals surface area contributed by atoms with E-state index in [2.05, 4.69) is 11.9 Å². The van der Waals surface area contributed by atoms with Gasteiger partial charge in [-0.15, -0.1) is 11.8 Å². The second-order valence-electron chi connectivity index (χ2n) is 9.26. The summed E-state index contributed by atoms with van der Waals surface area (Å²) in [5, 5.41) is 0. The molecule has 0 fully saturated rings. The van der Waals surface area contributed by atoms with Crippen LogP contribution in [-0.2, 0) is 9.53 Å². The van der Waals surface area contributed by atoms with Crippen LogP contribution in [0.15, 0.2) is 74.5 Å². The maximum absolute atomic E-state index is 13.8. The monoisotopic (exact) mass is 536 g/mol. The third kappa shape index (κ3) is 6.08. The molecule has 0 spiro atoms. The van der Waals surface area contributed by atoms with Gasteiger partial charge >= 0.3 is 5.97 Å². The van der Waals surface area contributed by atoms with Crippen molar-refractivity contribution in [3.8, 4) is 5.75 Å². The van der Waals surface area contributed by atoms with Crippen molar-refractivity contribution in [3.63, 3.8) is 0 Å². The minimum atomic E-state index is -0.612. The molecule has 4 rings (SSSR count). The second-order valence-corrected chi connectivity index (χ2v) is 11.2. The summed E-state index contributed by atoms with van der Waals surface area (Å²) in [7, 11) is 0. The number of aromatic nitrogens is 1. The normalized spacial score (nSPS) is 15.5. The third-order valence-electron chi connectivity index (χ3n) is 5.87. The van der Waals surface area contributed by atoms with E-state index in [1.165, 1.54) is 11.3 Å². The first kappa shape index (κ1) is 26.9. The van der Waals surface area contributed by atoms with Gasteiger partial charge in [0.2, 0.25) is 0 Å². The molecule has 2 aromatic carbocycles. The summed E-state index contributed by atoms with van der Waals surface area (Å²) in [6.45, 7) is 8.82. The third-order valence-corrected chi connectivity index (χ3v) is 7.60. The number of allylic oxidation sites excluding steroid dienone is 1. The van der Waals surface area contributed by atoms with E-state index in [9.17, 15) is 9.59 Å². The molecule has 1 aliphatic rings. The Labute approximate surface area is 225 Å². The van der Waals surface area contributed by atoms with Crippen LogP contribution in [-0.4, -0.2) is 30.0 Å². The molecule has 8 heteroatoms. The average Bonchev–Trinajstić information content (AvgIpc) is 3.20. The average molecular weight is 537 g/mol. The van der Waals surface area contributed by atoms with E-state index in [0.29, 0.717) is 33.8 Å². The number of ether oxygens (including phenoxy) is 2. The van der Waals surface area contributed by atoms with Crippen LogP contribution >= 0.6 is 23.1 Å². The Morgan fingerprint density at radius 3 is 2.49 bits per heavy atom. The number of carbonyl (C=O) groups excluding carboxylic acids is 1. The summed E-state index contributed by atoms with van der Waals surface area (Å²) in [5.74, 6) is 0.559. The van der Waals surface area contributed by atoms with Gasteiger partial charge in [-0.3, -0.25) is 9.36 Å². The fourth-order valence-electron chi connectivity index (χ4n) is 4.04. The van der Waals surface area contributed by atoms with Crippen LogP contribution < -0.4 is 19.6 Å². The van der Waals surface area contributed by atoms with E-state index in [-0.39, 0.29) is 11.5 Å². The molecule has 0 radical (unpaired) electrons. The zero-order valence-electron chi connectivity index (χ0n) is 21.8. The number of benzene rings is 2. The molecule has 1 aliphatic heterocycles. The standard InChI is InChI=1S/C29H32N2O4S2/c1-6-15-34-22-11-7-20(8-12-22)16-24-27(32)31-26(21-9-13-23(36-5)14-10-21)25(19(4)30-29(31)37-24)28(33)35-17-18(2)3/h7-14,16,18,26H,6,15,17H2,1-5H3. The topological polar surface area (TPSA) is 69.9 Å². The molecule has 2 heterocycles. The molecule has 37 heavy (non-hydrogen) atoms. The van der Waals surface area contributed by atoms with E-state index in [1.807, 2.05) is 74.7 Å². The van der Waals surface area contributed by atoms with E-state index in [0.717, 1.165) is 28.2 Å². The molecule has 0 saturated heterocycles. The lowest BCUT2D eigenvalue weighted by molar-refractivity contribution is -0.140. The lowest BCUT2D eigenvalue weighted by Crippen LogP contribution is -2.40. The molecule has 1 unspecified atom stereocenters. The van der Waals surface area contributed by atoms with Crippen LogP contribution in [0.2, 0.25) is 0 Å². The number of fused-ring (bicyclic) bond motifs is 1. The predicted octanol–water partition coefficient (Wildman–Crippen LogP) is 4.95. The number of thiazole rings is 1. The number of hydrogen-bond donors (Lipinski definition) is 0. The van der Waals surface area contributed by atoms with E-state index < -0.39 is 12.0 Å².